The van der Waals surface area contributed by atoms with Crippen LogP contribution in [-0.4, -0.2) is 74.6 Å². The highest BCUT2D eigenvalue weighted by atomic mass is 32.1. The summed E-state index contributed by atoms with van der Waals surface area (Å²) in [5.74, 6) is -0.0554. The molecule has 0 radical (unpaired) electrons. The van der Waals surface area contributed by atoms with Crippen molar-refractivity contribution in [2.24, 2.45) is 0 Å². The first-order valence-corrected chi connectivity index (χ1v) is 11.2. The van der Waals surface area contributed by atoms with Gasteiger partial charge in [0, 0.05) is 42.4 Å². The van der Waals surface area contributed by atoms with Crippen LogP contribution >= 0.6 is 11.3 Å². The first-order valence-electron chi connectivity index (χ1n) is 10.3. The number of amides is 2. The molecule has 1 N–H and O–H groups in total. The first kappa shape index (κ1) is 20.8. The molecular weight excluding hydrogens is 400 g/mol. The average molecular weight is 429 g/mol. The third kappa shape index (κ3) is 5.19. The summed E-state index contributed by atoms with van der Waals surface area (Å²) >= 11 is 1.76. The lowest BCUT2D eigenvalue weighted by molar-refractivity contribution is -0.133. The summed E-state index contributed by atoms with van der Waals surface area (Å²) in [7, 11) is 1.80. The number of hydrogen-bond acceptors (Lipinski definition) is 6. The fourth-order valence-electron chi connectivity index (χ4n) is 3.87. The maximum Gasteiger partial charge on any atom is 0.238 e. The molecule has 30 heavy (non-hydrogen) atoms. The maximum absolute atomic E-state index is 12.6. The minimum Gasteiger partial charge on any atom is -0.378 e. The lowest BCUT2D eigenvalue weighted by Crippen LogP contribution is -2.43. The molecule has 0 spiro atoms. The number of nitrogens with one attached hydrogen (secondary N) is 1. The number of fused-ring (bicyclic) bond motifs is 1. The smallest absolute Gasteiger partial charge is 0.238 e. The van der Waals surface area contributed by atoms with E-state index in [-0.39, 0.29) is 24.9 Å². The van der Waals surface area contributed by atoms with Gasteiger partial charge in [0.1, 0.15) is 0 Å². The number of nitrogens with zero attached hydrogens (tertiary/aromatic N) is 3. The summed E-state index contributed by atoms with van der Waals surface area (Å²) in [6, 6.07) is 9.97. The van der Waals surface area contributed by atoms with Crippen LogP contribution < -0.4 is 10.2 Å². The van der Waals surface area contributed by atoms with Crippen LogP contribution in [0.4, 0.5) is 11.4 Å². The van der Waals surface area contributed by atoms with Gasteiger partial charge in [0.2, 0.25) is 11.8 Å². The molecule has 8 heteroatoms. The van der Waals surface area contributed by atoms with E-state index in [1.807, 2.05) is 29.2 Å². The Balaban J connectivity index is 1.23. The maximum atomic E-state index is 12.6. The number of hydrogen-bond donors (Lipinski definition) is 1. The highest BCUT2D eigenvalue weighted by Gasteiger charge is 2.22. The van der Waals surface area contributed by atoms with Gasteiger partial charge in [-0.2, -0.15) is 0 Å². The van der Waals surface area contributed by atoms with E-state index in [1.165, 1.54) is 10.4 Å². The first-order chi connectivity index (χ1) is 14.6. The summed E-state index contributed by atoms with van der Waals surface area (Å²) in [6.45, 7) is 5.10. The van der Waals surface area contributed by atoms with E-state index in [2.05, 4.69) is 21.7 Å². The molecule has 2 aliphatic heterocycles. The standard InChI is InChI=1S/C22H28N4O3S/c1-24(16-22(28)26-8-6-20-17(14-26)7-13-30-20)15-21(27)23-18-2-4-19(5-3-18)25-9-11-29-12-10-25/h2-5,7,13H,6,8-12,14-16H2,1H3,(H,23,27). The predicted molar refractivity (Wildman–Crippen MR) is 119 cm³/mol. The fourth-order valence-corrected chi connectivity index (χ4v) is 4.76. The van der Waals surface area contributed by atoms with Gasteiger partial charge in [-0.05, 0) is 54.7 Å². The molecule has 1 fully saturated rings. The number of ether oxygens (including phenoxy) is 1. The Morgan fingerprint density at radius 1 is 1.10 bits per heavy atom. The molecule has 1 aromatic heterocycles. The molecule has 0 aliphatic carbocycles. The van der Waals surface area contributed by atoms with Gasteiger partial charge in [0.05, 0.1) is 26.3 Å². The van der Waals surface area contributed by atoms with Gasteiger partial charge in [-0.1, -0.05) is 0 Å². The number of carbonyl (C=O) groups excluding carboxylic acids is 2. The zero-order valence-electron chi connectivity index (χ0n) is 17.3. The van der Waals surface area contributed by atoms with E-state index in [9.17, 15) is 9.59 Å². The summed E-state index contributed by atoms with van der Waals surface area (Å²) in [5, 5.41) is 5.00. The van der Waals surface area contributed by atoms with Crippen molar-refractivity contribution < 1.29 is 14.3 Å². The Kier molecular flexibility index (Phi) is 6.66. The molecule has 2 aliphatic rings. The molecule has 7 nitrogen and oxygen atoms in total. The van der Waals surface area contributed by atoms with Gasteiger partial charge in [-0.3, -0.25) is 14.5 Å². The van der Waals surface area contributed by atoms with Gasteiger partial charge < -0.3 is 19.9 Å². The van der Waals surface area contributed by atoms with Crippen molar-refractivity contribution in [1.29, 1.82) is 0 Å². The molecule has 0 saturated carbocycles. The lowest BCUT2D eigenvalue weighted by atomic mass is 10.1. The molecule has 3 heterocycles. The molecular formula is C22H28N4O3S. The van der Waals surface area contributed by atoms with Crippen LogP contribution in [0.15, 0.2) is 35.7 Å². The van der Waals surface area contributed by atoms with E-state index in [4.69, 9.17) is 4.74 Å². The minimum atomic E-state index is -0.122. The van der Waals surface area contributed by atoms with E-state index >= 15 is 0 Å². The normalized spacial score (nSPS) is 16.5. The Bertz CT molecular complexity index is 877. The van der Waals surface area contributed by atoms with Crippen LogP contribution in [0.1, 0.15) is 10.4 Å². The predicted octanol–water partition coefficient (Wildman–Crippen LogP) is 2.04. The molecule has 1 saturated heterocycles. The van der Waals surface area contributed by atoms with Crippen molar-refractivity contribution in [2.45, 2.75) is 13.0 Å². The van der Waals surface area contributed by atoms with Gasteiger partial charge in [-0.15, -0.1) is 11.3 Å². The van der Waals surface area contributed by atoms with Crippen LogP contribution in [0.3, 0.4) is 0 Å². The highest BCUT2D eigenvalue weighted by Crippen LogP contribution is 2.24. The van der Waals surface area contributed by atoms with Crippen LogP contribution in [0.25, 0.3) is 0 Å². The van der Waals surface area contributed by atoms with Crippen molar-refractivity contribution in [2.75, 3.05) is 63.2 Å². The third-order valence-corrected chi connectivity index (χ3v) is 6.53. The van der Waals surface area contributed by atoms with Gasteiger partial charge in [-0.25, -0.2) is 0 Å². The minimum absolute atomic E-state index is 0.0667. The molecule has 0 bridgehead atoms. The number of rotatable bonds is 6. The van der Waals surface area contributed by atoms with Crippen molar-refractivity contribution in [3.63, 3.8) is 0 Å². The van der Waals surface area contributed by atoms with Gasteiger partial charge >= 0.3 is 0 Å². The van der Waals surface area contributed by atoms with E-state index in [0.29, 0.717) is 6.54 Å². The molecule has 0 unspecified atom stereocenters. The van der Waals surface area contributed by atoms with Crippen LogP contribution in [0, 0.1) is 0 Å². The molecule has 1 aromatic carbocycles. The van der Waals surface area contributed by atoms with Crippen LogP contribution in [0.2, 0.25) is 0 Å². The topological polar surface area (TPSA) is 65.1 Å². The monoisotopic (exact) mass is 428 g/mol. The number of anilines is 2. The summed E-state index contributed by atoms with van der Waals surface area (Å²) in [5.41, 5.74) is 3.15. The molecule has 2 amide bonds. The summed E-state index contributed by atoms with van der Waals surface area (Å²) in [4.78, 5) is 32.3. The number of benzene rings is 1. The lowest BCUT2D eigenvalue weighted by Gasteiger charge is -2.29. The van der Waals surface area contributed by atoms with Crippen molar-refractivity contribution in [1.82, 2.24) is 9.80 Å². The number of carbonyl (C=O) groups is 2. The third-order valence-electron chi connectivity index (χ3n) is 5.51. The van der Waals surface area contributed by atoms with Crippen molar-refractivity contribution in [3.8, 4) is 0 Å². The summed E-state index contributed by atoms with van der Waals surface area (Å²) < 4.78 is 5.38. The van der Waals surface area contributed by atoms with Crippen molar-refractivity contribution in [3.05, 3.63) is 46.2 Å². The Morgan fingerprint density at radius 2 is 1.87 bits per heavy atom. The fraction of sp³-hybridized carbons (Fsp3) is 0.455. The van der Waals surface area contributed by atoms with Crippen molar-refractivity contribution >= 4 is 34.5 Å². The molecule has 160 valence electrons. The zero-order chi connectivity index (χ0) is 20.9. The van der Waals surface area contributed by atoms with E-state index in [0.717, 1.165) is 50.6 Å². The Hall–Kier alpha value is -2.42. The largest absolute Gasteiger partial charge is 0.378 e. The van der Waals surface area contributed by atoms with Crippen LogP contribution in [0.5, 0.6) is 0 Å². The molecule has 2 aromatic rings. The van der Waals surface area contributed by atoms with Gasteiger partial charge in [0.15, 0.2) is 0 Å². The molecule has 0 atom stereocenters. The number of morpholine rings is 1. The Morgan fingerprint density at radius 3 is 2.63 bits per heavy atom. The van der Waals surface area contributed by atoms with Crippen LogP contribution in [-0.2, 0) is 27.3 Å². The average Bonchev–Trinajstić information content (AvgIpc) is 3.22. The second-order valence-electron chi connectivity index (χ2n) is 7.80. The summed E-state index contributed by atoms with van der Waals surface area (Å²) in [6.07, 6.45) is 0.920. The molecule has 4 rings (SSSR count). The number of thiophene rings is 1. The zero-order valence-corrected chi connectivity index (χ0v) is 18.1. The quantitative estimate of drug-likeness (QED) is 0.763. The Labute approximate surface area is 181 Å². The second kappa shape index (κ2) is 9.59. The highest BCUT2D eigenvalue weighted by molar-refractivity contribution is 7.10. The number of likely N-dealkylation sites (N-methyl/N-ethyl adjacent to an activating group) is 1. The van der Waals surface area contributed by atoms with Gasteiger partial charge in [0.25, 0.3) is 0 Å². The van der Waals surface area contributed by atoms with E-state index in [1.54, 1.807) is 23.3 Å². The SMILES string of the molecule is CN(CC(=O)Nc1ccc(N2CCOCC2)cc1)CC(=O)N1CCc2sccc2C1. The van der Waals surface area contributed by atoms with E-state index < -0.39 is 0 Å². The second-order valence-corrected chi connectivity index (χ2v) is 8.80.